The highest BCUT2D eigenvalue weighted by molar-refractivity contribution is 7.09. The number of methoxy groups -OCH3 is 2. The van der Waals surface area contributed by atoms with E-state index >= 15 is 0 Å². The first kappa shape index (κ1) is 18.8. The van der Waals surface area contributed by atoms with Gasteiger partial charge in [0, 0.05) is 47.7 Å². The number of nitrogens with one attached hydrogen (secondary N) is 1. The Kier molecular flexibility index (Phi) is 6.03. The van der Waals surface area contributed by atoms with Crippen LogP contribution in [0.25, 0.3) is 0 Å². The molecular weight excluding hydrogens is 362 g/mol. The van der Waals surface area contributed by atoms with Crippen LogP contribution in [-0.2, 0) is 20.1 Å². The van der Waals surface area contributed by atoms with Crippen molar-refractivity contribution < 1.29 is 14.3 Å². The van der Waals surface area contributed by atoms with Gasteiger partial charge in [0.2, 0.25) is 0 Å². The first-order valence-electron chi connectivity index (χ1n) is 8.50. The molecule has 0 fully saturated rings. The lowest BCUT2D eigenvalue weighted by atomic mass is 10.2. The van der Waals surface area contributed by atoms with Crippen molar-refractivity contribution in [2.24, 2.45) is 7.05 Å². The molecule has 6 nitrogen and oxygen atoms in total. The summed E-state index contributed by atoms with van der Waals surface area (Å²) in [6.45, 7) is 1.05. The van der Waals surface area contributed by atoms with Crippen LogP contribution in [0.15, 0.2) is 54.0 Å². The quantitative estimate of drug-likeness (QED) is 0.658. The summed E-state index contributed by atoms with van der Waals surface area (Å²) in [4.78, 5) is 15.9. The molecule has 0 aliphatic rings. The van der Waals surface area contributed by atoms with Crippen LogP contribution in [0.5, 0.6) is 11.5 Å². The van der Waals surface area contributed by atoms with Crippen molar-refractivity contribution in [3.63, 3.8) is 0 Å². The van der Waals surface area contributed by atoms with E-state index in [9.17, 15) is 4.79 Å². The Morgan fingerprint density at radius 1 is 1.11 bits per heavy atom. The number of hydrogen-bond acceptors (Lipinski definition) is 4. The normalized spacial score (nSPS) is 10.5. The van der Waals surface area contributed by atoms with Gasteiger partial charge in [-0.3, -0.25) is 0 Å². The molecule has 3 aromatic rings. The lowest BCUT2D eigenvalue weighted by molar-refractivity contribution is 0.205. The minimum Gasteiger partial charge on any atom is -0.497 e. The Bertz CT molecular complexity index is 868. The Morgan fingerprint density at radius 2 is 1.85 bits per heavy atom. The van der Waals surface area contributed by atoms with Crippen LogP contribution in [-0.4, -0.2) is 29.7 Å². The van der Waals surface area contributed by atoms with Crippen molar-refractivity contribution in [3.8, 4) is 11.5 Å². The Morgan fingerprint density at radius 3 is 2.41 bits per heavy atom. The van der Waals surface area contributed by atoms with E-state index in [1.807, 2.05) is 47.5 Å². The summed E-state index contributed by atoms with van der Waals surface area (Å²) in [7, 11) is 5.14. The van der Waals surface area contributed by atoms with Crippen LogP contribution in [0.2, 0.25) is 0 Å². The average molecular weight is 385 g/mol. The molecule has 0 unspecified atom stereocenters. The van der Waals surface area contributed by atoms with E-state index in [2.05, 4.69) is 5.32 Å². The lowest BCUT2D eigenvalue weighted by Crippen LogP contribution is -2.34. The van der Waals surface area contributed by atoms with Gasteiger partial charge in [-0.05, 0) is 23.6 Å². The van der Waals surface area contributed by atoms with E-state index in [4.69, 9.17) is 9.47 Å². The zero-order valence-electron chi connectivity index (χ0n) is 15.6. The smallest absolute Gasteiger partial charge is 0.322 e. The van der Waals surface area contributed by atoms with Crippen molar-refractivity contribution in [3.05, 3.63) is 64.6 Å². The summed E-state index contributed by atoms with van der Waals surface area (Å²) >= 11 is 1.64. The van der Waals surface area contributed by atoms with Crippen molar-refractivity contribution in [2.75, 3.05) is 19.5 Å². The van der Waals surface area contributed by atoms with Crippen molar-refractivity contribution in [1.29, 1.82) is 0 Å². The second-order valence-corrected chi connectivity index (χ2v) is 7.11. The van der Waals surface area contributed by atoms with Crippen LogP contribution in [0.3, 0.4) is 0 Å². The molecule has 1 N–H and O–H groups in total. The number of benzene rings is 1. The third kappa shape index (κ3) is 4.83. The van der Waals surface area contributed by atoms with Gasteiger partial charge in [0.05, 0.1) is 27.3 Å². The van der Waals surface area contributed by atoms with Gasteiger partial charge in [-0.25, -0.2) is 4.79 Å². The number of thiophene rings is 1. The summed E-state index contributed by atoms with van der Waals surface area (Å²) in [5, 5.41) is 4.97. The molecule has 0 bridgehead atoms. The number of hydrogen-bond donors (Lipinski definition) is 1. The highest BCUT2D eigenvalue weighted by Gasteiger charge is 2.17. The maximum Gasteiger partial charge on any atom is 0.322 e. The van der Waals surface area contributed by atoms with E-state index in [1.54, 1.807) is 48.7 Å². The summed E-state index contributed by atoms with van der Waals surface area (Å²) in [5.74, 6) is 1.24. The van der Waals surface area contributed by atoms with Gasteiger partial charge in [-0.2, -0.15) is 0 Å². The van der Waals surface area contributed by atoms with Gasteiger partial charge in [-0.1, -0.05) is 6.07 Å². The molecule has 0 aliphatic carbocycles. The molecule has 0 spiro atoms. The molecular formula is C20H23N3O3S. The topological polar surface area (TPSA) is 55.7 Å². The average Bonchev–Trinajstić information content (AvgIpc) is 3.32. The Labute approximate surface area is 162 Å². The van der Waals surface area contributed by atoms with E-state index in [-0.39, 0.29) is 6.03 Å². The fourth-order valence-corrected chi connectivity index (χ4v) is 3.45. The number of aryl methyl sites for hydroxylation is 1. The molecule has 0 saturated carbocycles. The highest BCUT2D eigenvalue weighted by Crippen LogP contribution is 2.26. The number of ether oxygens (including phenoxy) is 2. The standard InChI is InChI=1S/C20H23N3O3S/c1-22-8-4-6-16(22)13-23(14-19-7-5-9-27-19)20(24)21-15-10-17(25-2)12-18(11-15)26-3/h4-12H,13-14H2,1-3H3,(H,21,24). The number of urea groups is 1. The first-order chi connectivity index (χ1) is 13.1. The zero-order chi connectivity index (χ0) is 19.2. The van der Waals surface area contributed by atoms with Gasteiger partial charge in [0.15, 0.2) is 0 Å². The molecule has 2 aromatic heterocycles. The largest absolute Gasteiger partial charge is 0.497 e. The predicted octanol–water partition coefficient (Wildman–Crippen LogP) is 4.34. The van der Waals surface area contributed by atoms with E-state index in [0.29, 0.717) is 30.3 Å². The summed E-state index contributed by atoms with van der Waals surface area (Å²) < 4.78 is 12.6. The van der Waals surface area contributed by atoms with Crippen LogP contribution in [0.1, 0.15) is 10.6 Å². The van der Waals surface area contributed by atoms with Gasteiger partial charge in [0.1, 0.15) is 11.5 Å². The summed E-state index contributed by atoms with van der Waals surface area (Å²) in [6.07, 6.45) is 1.98. The van der Waals surface area contributed by atoms with Crippen LogP contribution >= 0.6 is 11.3 Å². The fourth-order valence-electron chi connectivity index (χ4n) is 2.73. The number of rotatable bonds is 7. The van der Waals surface area contributed by atoms with Gasteiger partial charge in [0.25, 0.3) is 0 Å². The fraction of sp³-hybridized carbons (Fsp3) is 0.250. The molecule has 142 valence electrons. The van der Waals surface area contributed by atoms with E-state index < -0.39 is 0 Å². The van der Waals surface area contributed by atoms with Gasteiger partial charge < -0.3 is 24.3 Å². The number of carbonyl (C=O) groups excluding carboxylic acids is 1. The van der Waals surface area contributed by atoms with Gasteiger partial charge in [-0.15, -0.1) is 11.3 Å². The van der Waals surface area contributed by atoms with Crippen molar-refractivity contribution in [2.45, 2.75) is 13.1 Å². The molecule has 7 heteroatoms. The zero-order valence-corrected chi connectivity index (χ0v) is 16.5. The third-order valence-corrected chi connectivity index (χ3v) is 5.08. The van der Waals surface area contributed by atoms with Crippen molar-refractivity contribution >= 4 is 23.1 Å². The molecule has 0 radical (unpaired) electrons. The summed E-state index contributed by atoms with van der Waals surface area (Å²) in [5.41, 5.74) is 1.68. The number of nitrogens with zero attached hydrogens (tertiary/aromatic N) is 2. The van der Waals surface area contributed by atoms with E-state index in [0.717, 1.165) is 10.6 Å². The molecule has 27 heavy (non-hydrogen) atoms. The molecule has 0 atom stereocenters. The molecule has 2 heterocycles. The second-order valence-electron chi connectivity index (χ2n) is 6.08. The minimum absolute atomic E-state index is 0.181. The van der Waals surface area contributed by atoms with Crippen LogP contribution in [0.4, 0.5) is 10.5 Å². The second kappa shape index (κ2) is 8.64. The highest BCUT2D eigenvalue weighted by atomic mass is 32.1. The SMILES string of the molecule is COc1cc(NC(=O)N(Cc2cccs2)Cc2cccn2C)cc(OC)c1. The first-order valence-corrected chi connectivity index (χ1v) is 9.38. The summed E-state index contributed by atoms with van der Waals surface area (Å²) in [6, 6.07) is 13.1. The molecule has 0 aliphatic heterocycles. The number of anilines is 1. The van der Waals surface area contributed by atoms with Crippen molar-refractivity contribution in [1.82, 2.24) is 9.47 Å². The number of aromatic nitrogens is 1. The molecule has 1 aromatic carbocycles. The van der Waals surface area contributed by atoms with Crippen LogP contribution in [0, 0.1) is 0 Å². The lowest BCUT2D eigenvalue weighted by Gasteiger charge is -2.23. The molecule has 3 rings (SSSR count). The number of carbonyl (C=O) groups is 1. The maximum absolute atomic E-state index is 13.0. The van der Waals surface area contributed by atoms with Gasteiger partial charge >= 0.3 is 6.03 Å². The Balaban J connectivity index is 1.80. The monoisotopic (exact) mass is 385 g/mol. The van der Waals surface area contributed by atoms with E-state index in [1.165, 1.54) is 0 Å². The minimum atomic E-state index is -0.181. The predicted molar refractivity (Wildman–Crippen MR) is 108 cm³/mol. The Hall–Kier alpha value is -2.93. The molecule has 0 saturated heterocycles. The molecule has 2 amide bonds. The van der Waals surface area contributed by atoms with Crippen LogP contribution < -0.4 is 14.8 Å². The maximum atomic E-state index is 13.0. The number of amides is 2. The third-order valence-electron chi connectivity index (χ3n) is 4.22.